The summed E-state index contributed by atoms with van der Waals surface area (Å²) in [4.78, 5) is 6.82. The minimum Gasteiger partial charge on any atom is -0.370 e. The fourth-order valence-corrected chi connectivity index (χ4v) is 3.29. The maximum Gasteiger partial charge on any atom is 0.105 e. The molecule has 1 aliphatic heterocycles. The van der Waals surface area contributed by atoms with Crippen LogP contribution in [0.5, 0.6) is 0 Å². The molecule has 1 aliphatic rings. The summed E-state index contributed by atoms with van der Waals surface area (Å²) in [6, 6.07) is 6.77. The number of quaternary nitrogens is 2. The summed E-state index contributed by atoms with van der Waals surface area (Å²) in [6.45, 7) is 8.50. The van der Waals surface area contributed by atoms with E-state index in [-0.39, 0.29) is 0 Å². The zero-order valence-electron chi connectivity index (χ0n) is 14.1. The van der Waals surface area contributed by atoms with Gasteiger partial charge in [-0.15, -0.1) is 0 Å². The minimum atomic E-state index is 0.897. The van der Waals surface area contributed by atoms with Crippen LogP contribution in [0.3, 0.4) is 0 Å². The van der Waals surface area contributed by atoms with Gasteiger partial charge in [-0.2, -0.15) is 0 Å². The molecule has 1 fully saturated rings. The van der Waals surface area contributed by atoms with Gasteiger partial charge < -0.3 is 19.5 Å². The van der Waals surface area contributed by atoms with Gasteiger partial charge in [-0.3, -0.25) is 0 Å². The summed E-state index contributed by atoms with van der Waals surface area (Å²) in [7, 11) is 4.44. The maximum atomic E-state index is 5.50. The smallest absolute Gasteiger partial charge is 0.105 e. The Hall–Kier alpha value is -1.36. The van der Waals surface area contributed by atoms with Crippen molar-refractivity contribution in [2.75, 3.05) is 46.9 Å². The Bertz CT molecular complexity index is 627. The van der Waals surface area contributed by atoms with Gasteiger partial charge in [-0.25, -0.2) is 0 Å². The highest BCUT2D eigenvalue weighted by Gasteiger charge is 2.20. The minimum absolute atomic E-state index is 0.897. The number of fused-ring (bicyclic) bond motifs is 1. The molecular formula is C18H29N3O+2. The lowest BCUT2D eigenvalue weighted by Gasteiger charge is -2.24. The maximum absolute atomic E-state index is 5.50. The fraction of sp³-hybridized carbons (Fsp3) is 0.556. The fourth-order valence-electron chi connectivity index (χ4n) is 3.29. The number of H-pyrrole nitrogens is 1. The Morgan fingerprint density at radius 3 is 2.73 bits per heavy atom. The molecular weight excluding hydrogens is 274 g/mol. The van der Waals surface area contributed by atoms with E-state index in [1.54, 1.807) is 4.90 Å². The molecule has 0 radical (unpaired) electrons. The highest BCUT2D eigenvalue weighted by Crippen LogP contribution is 2.23. The lowest BCUT2D eigenvalue weighted by atomic mass is 10.1. The third kappa shape index (κ3) is 3.51. The quantitative estimate of drug-likeness (QED) is 0.689. The van der Waals surface area contributed by atoms with E-state index in [1.165, 1.54) is 32.6 Å². The Morgan fingerprint density at radius 1 is 1.23 bits per heavy atom. The Morgan fingerprint density at radius 2 is 2.00 bits per heavy atom. The third-order valence-corrected chi connectivity index (χ3v) is 4.65. The second kappa shape index (κ2) is 6.82. The Kier molecular flexibility index (Phi) is 4.81. The largest absolute Gasteiger partial charge is 0.370 e. The van der Waals surface area contributed by atoms with E-state index in [4.69, 9.17) is 4.74 Å². The molecule has 120 valence electrons. The molecule has 2 heterocycles. The third-order valence-electron chi connectivity index (χ3n) is 4.65. The first-order chi connectivity index (χ1) is 10.6. The van der Waals surface area contributed by atoms with Crippen molar-refractivity contribution in [3.05, 3.63) is 35.0 Å². The number of likely N-dealkylation sites (N-methyl/N-ethyl adjacent to an activating group) is 1. The second-order valence-corrected chi connectivity index (χ2v) is 6.88. The standard InChI is InChI=1S/C18H27N3O/c1-14-4-5-17-15(12-14)16(13-21-8-10-22-11-9-21)18(19-17)6-7-20(2)3/h4-5,12,19H,6-11,13H2,1-3H3/p+2. The van der Waals surface area contributed by atoms with Crippen LogP contribution in [0.1, 0.15) is 16.8 Å². The van der Waals surface area contributed by atoms with Gasteiger partial charge in [0.15, 0.2) is 0 Å². The molecule has 1 saturated heterocycles. The van der Waals surface area contributed by atoms with Gasteiger partial charge in [-0.05, 0) is 19.1 Å². The van der Waals surface area contributed by atoms with Crippen LogP contribution >= 0.6 is 0 Å². The molecule has 3 N–H and O–H groups in total. The van der Waals surface area contributed by atoms with Crippen LogP contribution < -0.4 is 9.80 Å². The first-order valence-electron chi connectivity index (χ1n) is 8.44. The number of hydrogen-bond acceptors (Lipinski definition) is 1. The average molecular weight is 303 g/mol. The van der Waals surface area contributed by atoms with E-state index in [0.29, 0.717) is 0 Å². The molecule has 0 spiro atoms. The summed E-state index contributed by atoms with van der Waals surface area (Å²) in [5, 5.41) is 1.42. The van der Waals surface area contributed by atoms with E-state index in [9.17, 15) is 0 Å². The topological polar surface area (TPSA) is 33.9 Å². The van der Waals surface area contributed by atoms with Crippen LogP contribution in [0.15, 0.2) is 18.2 Å². The molecule has 3 rings (SSSR count). The number of morpholine rings is 1. The molecule has 1 aromatic heterocycles. The molecule has 2 aromatic rings. The molecule has 0 aliphatic carbocycles. The van der Waals surface area contributed by atoms with Gasteiger partial charge in [-0.1, -0.05) is 11.6 Å². The van der Waals surface area contributed by atoms with E-state index >= 15 is 0 Å². The highest BCUT2D eigenvalue weighted by molar-refractivity contribution is 5.85. The summed E-state index contributed by atoms with van der Waals surface area (Å²) in [6.07, 6.45) is 1.12. The van der Waals surface area contributed by atoms with Crippen LogP contribution in [0.4, 0.5) is 0 Å². The van der Waals surface area contributed by atoms with Crippen LogP contribution in [-0.4, -0.2) is 51.9 Å². The molecule has 0 atom stereocenters. The van der Waals surface area contributed by atoms with Crippen molar-refractivity contribution in [3.63, 3.8) is 0 Å². The highest BCUT2D eigenvalue weighted by atomic mass is 16.5. The average Bonchev–Trinajstić information content (AvgIpc) is 2.84. The van der Waals surface area contributed by atoms with E-state index in [0.717, 1.165) is 45.8 Å². The van der Waals surface area contributed by atoms with Gasteiger partial charge in [0, 0.05) is 28.6 Å². The molecule has 4 nitrogen and oxygen atoms in total. The van der Waals surface area contributed by atoms with Crippen molar-refractivity contribution in [3.8, 4) is 0 Å². The van der Waals surface area contributed by atoms with Crippen molar-refractivity contribution >= 4 is 10.9 Å². The number of hydrogen-bond donors (Lipinski definition) is 3. The van der Waals surface area contributed by atoms with Crippen molar-refractivity contribution < 1.29 is 14.5 Å². The van der Waals surface area contributed by atoms with Gasteiger partial charge in [0.25, 0.3) is 0 Å². The van der Waals surface area contributed by atoms with Crippen molar-refractivity contribution in [2.24, 2.45) is 0 Å². The molecule has 22 heavy (non-hydrogen) atoms. The second-order valence-electron chi connectivity index (χ2n) is 6.88. The van der Waals surface area contributed by atoms with Crippen LogP contribution in [0.25, 0.3) is 10.9 Å². The first-order valence-corrected chi connectivity index (χ1v) is 8.44. The molecule has 0 saturated carbocycles. The number of aromatic amines is 1. The van der Waals surface area contributed by atoms with Gasteiger partial charge in [0.2, 0.25) is 0 Å². The van der Waals surface area contributed by atoms with Gasteiger partial charge in [0.05, 0.1) is 33.9 Å². The van der Waals surface area contributed by atoms with Crippen LogP contribution in [0, 0.1) is 6.92 Å². The molecule has 0 bridgehead atoms. The van der Waals surface area contributed by atoms with E-state index in [1.807, 2.05) is 0 Å². The molecule has 1 aromatic carbocycles. The summed E-state index contributed by atoms with van der Waals surface area (Å²) >= 11 is 0. The van der Waals surface area contributed by atoms with E-state index < -0.39 is 0 Å². The lowest BCUT2D eigenvalue weighted by molar-refractivity contribution is -0.921. The zero-order valence-corrected chi connectivity index (χ0v) is 14.1. The normalized spacial score (nSPS) is 16.7. The summed E-state index contributed by atoms with van der Waals surface area (Å²) < 4.78 is 5.50. The molecule has 0 unspecified atom stereocenters. The molecule has 0 amide bonds. The summed E-state index contributed by atoms with van der Waals surface area (Å²) in [5.41, 5.74) is 5.59. The zero-order chi connectivity index (χ0) is 15.5. The number of benzene rings is 1. The van der Waals surface area contributed by atoms with Crippen molar-refractivity contribution in [1.29, 1.82) is 0 Å². The number of aryl methyl sites for hydroxylation is 1. The van der Waals surface area contributed by atoms with Crippen LogP contribution in [0.2, 0.25) is 0 Å². The first kappa shape index (κ1) is 15.5. The van der Waals surface area contributed by atoms with E-state index in [2.05, 4.69) is 44.2 Å². The predicted octanol–water partition coefficient (Wildman–Crippen LogP) is -0.422. The van der Waals surface area contributed by atoms with Crippen molar-refractivity contribution in [2.45, 2.75) is 19.9 Å². The van der Waals surface area contributed by atoms with Gasteiger partial charge >= 0.3 is 0 Å². The number of aromatic nitrogens is 1. The van der Waals surface area contributed by atoms with Gasteiger partial charge in [0.1, 0.15) is 19.6 Å². The monoisotopic (exact) mass is 303 g/mol. The Labute approximate surface area is 133 Å². The predicted molar refractivity (Wildman–Crippen MR) is 89.6 cm³/mol. The van der Waals surface area contributed by atoms with Crippen molar-refractivity contribution in [1.82, 2.24) is 4.98 Å². The Balaban J connectivity index is 1.91. The molecule has 4 heteroatoms. The SMILES string of the molecule is Cc1ccc2[nH]c(CC[NH+](C)C)c(C[NH+]3CCOCC3)c2c1. The lowest BCUT2D eigenvalue weighted by Crippen LogP contribution is -3.12. The number of rotatable bonds is 5. The summed E-state index contributed by atoms with van der Waals surface area (Å²) in [5.74, 6) is 0. The van der Waals surface area contributed by atoms with Crippen LogP contribution in [-0.2, 0) is 17.7 Å². The number of nitrogens with one attached hydrogen (secondary N) is 3. The number of ether oxygens (including phenoxy) is 1.